The maximum absolute atomic E-state index is 12.2. The van der Waals surface area contributed by atoms with Gasteiger partial charge in [-0.05, 0) is 32.4 Å². The molecule has 0 aliphatic carbocycles. The van der Waals surface area contributed by atoms with E-state index in [4.69, 9.17) is 4.74 Å². The number of fused-ring (bicyclic) bond motifs is 1. The summed E-state index contributed by atoms with van der Waals surface area (Å²) in [6, 6.07) is 4.97. The Morgan fingerprint density at radius 2 is 2.10 bits per heavy atom. The van der Waals surface area contributed by atoms with Crippen molar-refractivity contribution in [2.75, 3.05) is 11.9 Å². The molecule has 1 atom stereocenters. The lowest BCUT2D eigenvalue weighted by Gasteiger charge is -2.22. The van der Waals surface area contributed by atoms with Crippen LogP contribution >= 0.6 is 0 Å². The fraction of sp³-hybridized carbons (Fsp3) is 0.462. The maximum atomic E-state index is 12.2. The van der Waals surface area contributed by atoms with Gasteiger partial charge in [-0.3, -0.25) is 0 Å². The number of hydrogen-bond acceptors (Lipinski definition) is 4. The topological polar surface area (TPSA) is 79.8 Å². The lowest BCUT2D eigenvalue weighted by atomic mass is 10.3. The highest BCUT2D eigenvalue weighted by Crippen LogP contribution is 2.29. The number of anilines is 1. The van der Waals surface area contributed by atoms with Crippen LogP contribution in [-0.2, 0) is 10.0 Å². The van der Waals surface area contributed by atoms with Crippen LogP contribution < -0.4 is 14.8 Å². The van der Waals surface area contributed by atoms with Gasteiger partial charge in [0.15, 0.2) is 0 Å². The zero-order valence-corrected chi connectivity index (χ0v) is 12.6. The third-order valence-electron chi connectivity index (χ3n) is 2.98. The van der Waals surface area contributed by atoms with E-state index in [1.807, 2.05) is 20.8 Å². The van der Waals surface area contributed by atoms with E-state index in [0.29, 0.717) is 18.0 Å². The number of ether oxygens (including phenoxy) is 1. The molecule has 2 N–H and O–H groups in total. The van der Waals surface area contributed by atoms with Crippen molar-refractivity contribution in [1.29, 1.82) is 0 Å². The SMILES string of the molecule is CCOc1ccc2c(c1)S(=O)(=O)NC(=NC(C)CC)N2. The molecule has 1 aromatic carbocycles. The molecule has 1 aliphatic rings. The quantitative estimate of drug-likeness (QED) is 0.890. The average molecular weight is 297 g/mol. The van der Waals surface area contributed by atoms with Gasteiger partial charge < -0.3 is 10.1 Å². The summed E-state index contributed by atoms with van der Waals surface area (Å²) < 4.78 is 32.2. The summed E-state index contributed by atoms with van der Waals surface area (Å²) in [5, 5.41) is 2.99. The van der Waals surface area contributed by atoms with Gasteiger partial charge in [-0.2, -0.15) is 0 Å². The largest absolute Gasteiger partial charge is 0.494 e. The van der Waals surface area contributed by atoms with Crippen molar-refractivity contribution in [2.24, 2.45) is 4.99 Å². The van der Waals surface area contributed by atoms with Crippen LogP contribution in [-0.4, -0.2) is 27.0 Å². The van der Waals surface area contributed by atoms with Gasteiger partial charge in [-0.15, -0.1) is 0 Å². The van der Waals surface area contributed by atoms with E-state index in [-0.39, 0.29) is 16.9 Å². The van der Waals surface area contributed by atoms with Crippen molar-refractivity contribution in [1.82, 2.24) is 4.72 Å². The minimum atomic E-state index is -3.61. The first kappa shape index (κ1) is 14.6. The number of benzene rings is 1. The summed E-state index contributed by atoms with van der Waals surface area (Å²) in [6.07, 6.45) is 0.836. The highest BCUT2D eigenvalue weighted by Gasteiger charge is 2.27. The van der Waals surface area contributed by atoms with Crippen molar-refractivity contribution in [3.63, 3.8) is 0 Å². The van der Waals surface area contributed by atoms with E-state index < -0.39 is 10.0 Å². The molecule has 0 amide bonds. The van der Waals surface area contributed by atoms with Gasteiger partial charge in [0.1, 0.15) is 10.6 Å². The van der Waals surface area contributed by atoms with Gasteiger partial charge in [0.2, 0.25) is 5.96 Å². The molecule has 0 aromatic heterocycles. The fourth-order valence-corrected chi connectivity index (χ4v) is 2.94. The highest BCUT2D eigenvalue weighted by atomic mass is 32.2. The molecule has 1 unspecified atom stereocenters. The van der Waals surface area contributed by atoms with Crippen LogP contribution in [0.3, 0.4) is 0 Å². The number of nitrogens with zero attached hydrogens (tertiary/aromatic N) is 1. The molecule has 0 fully saturated rings. The van der Waals surface area contributed by atoms with Gasteiger partial charge >= 0.3 is 0 Å². The summed E-state index contributed by atoms with van der Waals surface area (Å²) in [4.78, 5) is 4.46. The van der Waals surface area contributed by atoms with Crippen molar-refractivity contribution in [3.8, 4) is 5.75 Å². The summed E-state index contributed by atoms with van der Waals surface area (Å²) >= 11 is 0. The Balaban J connectivity index is 2.39. The zero-order valence-electron chi connectivity index (χ0n) is 11.8. The molecule has 6 nitrogen and oxygen atoms in total. The molecule has 0 bridgehead atoms. The third kappa shape index (κ3) is 3.04. The highest BCUT2D eigenvalue weighted by molar-refractivity contribution is 7.90. The Morgan fingerprint density at radius 1 is 1.35 bits per heavy atom. The van der Waals surface area contributed by atoms with E-state index >= 15 is 0 Å². The van der Waals surface area contributed by atoms with Crippen molar-refractivity contribution in [3.05, 3.63) is 18.2 Å². The lowest BCUT2D eigenvalue weighted by molar-refractivity contribution is 0.339. The maximum Gasteiger partial charge on any atom is 0.266 e. The van der Waals surface area contributed by atoms with Gasteiger partial charge in [-0.1, -0.05) is 6.92 Å². The summed E-state index contributed by atoms with van der Waals surface area (Å²) in [7, 11) is -3.61. The zero-order chi connectivity index (χ0) is 14.8. The standard InChI is InChI=1S/C13H19N3O3S/c1-4-9(3)14-13-15-11-7-6-10(19-5-2)8-12(11)20(17,18)16-13/h6-9H,4-5H2,1-3H3,(H2,14,15,16). The molecule has 20 heavy (non-hydrogen) atoms. The van der Waals surface area contributed by atoms with Crippen LogP contribution in [0.1, 0.15) is 27.2 Å². The minimum absolute atomic E-state index is 0.0458. The van der Waals surface area contributed by atoms with Crippen molar-refractivity contribution < 1.29 is 13.2 Å². The van der Waals surface area contributed by atoms with Crippen molar-refractivity contribution >= 4 is 21.7 Å². The first-order valence-corrected chi connectivity index (χ1v) is 8.09. The van der Waals surface area contributed by atoms with Crippen LogP contribution in [0.5, 0.6) is 5.75 Å². The van der Waals surface area contributed by atoms with E-state index in [2.05, 4.69) is 15.0 Å². The van der Waals surface area contributed by atoms with Crippen LogP contribution in [0.4, 0.5) is 5.69 Å². The number of aliphatic imine (C=N–C) groups is 1. The van der Waals surface area contributed by atoms with E-state index in [9.17, 15) is 8.42 Å². The van der Waals surface area contributed by atoms with E-state index in [0.717, 1.165) is 6.42 Å². The lowest BCUT2D eigenvalue weighted by Crippen LogP contribution is -2.41. The van der Waals surface area contributed by atoms with Gasteiger partial charge in [0, 0.05) is 6.07 Å². The van der Waals surface area contributed by atoms with E-state index in [1.165, 1.54) is 6.07 Å². The van der Waals surface area contributed by atoms with Gasteiger partial charge in [0.25, 0.3) is 10.0 Å². The smallest absolute Gasteiger partial charge is 0.266 e. The fourth-order valence-electron chi connectivity index (χ4n) is 1.79. The predicted molar refractivity (Wildman–Crippen MR) is 78.7 cm³/mol. The second-order valence-electron chi connectivity index (χ2n) is 4.56. The van der Waals surface area contributed by atoms with Crippen molar-refractivity contribution in [2.45, 2.75) is 38.1 Å². The molecule has 1 heterocycles. The first-order valence-electron chi connectivity index (χ1n) is 6.60. The summed E-state index contributed by atoms with van der Waals surface area (Å²) in [6.45, 7) is 6.26. The number of hydrogen-bond donors (Lipinski definition) is 2. The monoisotopic (exact) mass is 297 g/mol. The predicted octanol–water partition coefficient (Wildman–Crippen LogP) is 1.94. The Morgan fingerprint density at radius 3 is 2.75 bits per heavy atom. The Kier molecular flexibility index (Phi) is 4.17. The van der Waals surface area contributed by atoms with Gasteiger partial charge in [0.05, 0.1) is 18.3 Å². The summed E-state index contributed by atoms with van der Waals surface area (Å²) in [5.74, 6) is 0.789. The second kappa shape index (κ2) is 5.70. The summed E-state index contributed by atoms with van der Waals surface area (Å²) in [5.41, 5.74) is 0.509. The molecule has 1 aromatic rings. The Labute approximate surface area is 119 Å². The molecule has 7 heteroatoms. The number of guanidine groups is 1. The molecule has 0 saturated heterocycles. The van der Waals surface area contributed by atoms with Crippen LogP contribution in [0.25, 0.3) is 0 Å². The van der Waals surface area contributed by atoms with Crippen LogP contribution in [0.15, 0.2) is 28.1 Å². The second-order valence-corrected chi connectivity index (χ2v) is 6.21. The average Bonchev–Trinajstić information content (AvgIpc) is 2.39. The molecule has 1 aliphatic heterocycles. The molecule has 0 spiro atoms. The van der Waals surface area contributed by atoms with E-state index in [1.54, 1.807) is 12.1 Å². The normalized spacial score (nSPS) is 19.6. The van der Waals surface area contributed by atoms with Gasteiger partial charge in [-0.25, -0.2) is 18.1 Å². The molecule has 0 saturated carbocycles. The number of sulfonamides is 1. The first-order chi connectivity index (χ1) is 9.46. The Bertz CT molecular complexity index is 626. The number of rotatable bonds is 4. The molecular weight excluding hydrogens is 278 g/mol. The molecule has 2 rings (SSSR count). The molecule has 0 radical (unpaired) electrons. The molecular formula is C13H19N3O3S. The van der Waals surface area contributed by atoms with Crippen LogP contribution in [0.2, 0.25) is 0 Å². The van der Waals surface area contributed by atoms with Crippen LogP contribution in [0, 0.1) is 0 Å². The Hall–Kier alpha value is -1.76. The molecule has 110 valence electrons. The number of nitrogens with one attached hydrogen (secondary N) is 2. The third-order valence-corrected chi connectivity index (χ3v) is 4.36. The minimum Gasteiger partial charge on any atom is -0.494 e.